The van der Waals surface area contributed by atoms with Crippen LogP contribution in [-0.2, 0) is 6.42 Å². The first-order valence-electron chi connectivity index (χ1n) is 4.07. The Morgan fingerprint density at radius 3 is 2.42 bits per heavy atom. The van der Waals surface area contributed by atoms with E-state index in [1.165, 1.54) is 5.56 Å². The van der Waals surface area contributed by atoms with E-state index in [1.807, 2.05) is 18.2 Å². The summed E-state index contributed by atoms with van der Waals surface area (Å²) in [4.78, 5) is 0. The van der Waals surface area contributed by atoms with Crippen molar-refractivity contribution in [2.75, 3.05) is 11.9 Å². The van der Waals surface area contributed by atoms with Gasteiger partial charge in [0.1, 0.15) is 0 Å². The highest BCUT2D eigenvalue weighted by Crippen LogP contribution is 2.10. The molecule has 1 N–H and O–H groups in total. The van der Waals surface area contributed by atoms with Gasteiger partial charge in [0, 0.05) is 11.9 Å². The van der Waals surface area contributed by atoms with E-state index < -0.39 is 0 Å². The maximum absolute atomic E-state index is 8.96. The quantitative estimate of drug-likeness (QED) is 0.785. The molecule has 0 heterocycles. The van der Waals surface area contributed by atoms with Crippen molar-refractivity contribution in [3.05, 3.63) is 35.9 Å². The van der Waals surface area contributed by atoms with Crippen LogP contribution in [0.4, 0.5) is 0 Å². The van der Waals surface area contributed by atoms with Gasteiger partial charge in [-0.25, -0.2) is 0 Å². The van der Waals surface area contributed by atoms with Crippen LogP contribution in [0.25, 0.3) is 0 Å². The molecule has 0 saturated carbocycles. The molecule has 2 heteroatoms. The number of hydrogen-bond donors (Lipinski definition) is 1. The molecule has 1 nitrogen and oxygen atoms in total. The first kappa shape index (κ1) is 9.75. The fourth-order valence-electron chi connectivity index (χ4n) is 1.12. The monoisotopic (exact) mass is 228 g/mol. The van der Waals surface area contributed by atoms with Crippen molar-refractivity contribution in [3.63, 3.8) is 0 Å². The first-order chi connectivity index (χ1) is 5.86. The Balaban J connectivity index is 2.51. The minimum absolute atomic E-state index is 0.250. The van der Waals surface area contributed by atoms with Crippen LogP contribution in [-0.4, -0.2) is 17.0 Å². The third-order valence-corrected chi connectivity index (χ3v) is 2.76. The highest BCUT2D eigenvalue weighted by molar-refractivity contribution is 9.09. The summed E-state index contributed by atoms with van der Waals surface area (Å²) >= 11 is 3.37. The number of benzene rings is 1. The van der Waals surface area contributed by atoms with Gasteiger partial charge >= 0.3 is 0 Å². The van der Waals surface area contributed by atoms with Crippen LogP contribution < -0.4 is 0 Å². The number of halogens is 1. The van der Waals surface area contributed by atoms with E-state index in [0.717, 1.165) is 11.8 Å². The van der Waals surface area contributed by atoms with Crippen LogP contribution in [0.3, 0.4) is 0 Å². The summed E-state index contributed by atoms with van der Waals surface area (Å²) < 4.78 is 0. The molecule has 1 rings (SSSR count). The third-order valence-electron chi connectivity index (χ3n) is 1.84. The second-order valence-corrected chi connectivity index (χ2v) is 3.54. The lowest BCUT2D eigenvalue weighted by molar-refractivity contribution is 0.240. The molecule has 66 valence electrons. The van der Waals surface area contributed by atoms with Crippen LogP contribution >= 0.6 is 15.9 Å². The Morgan fingerprint density at radius 2 is 1.92 bits per heavy atom. The van der Waals surface area contributed by atoms with Gasteiger partial charge in [-0.1, -0.05) is 46.3 Å². The lowest BCUT2D eigenvalue weighted by Gasteiger charge is -2.09. The Hall–Kier alpha value is -0.340. The summed E-state index contributed by atoms with van der Waals surface area (Å²) in [5.41, 5.74) is 1.29. The zero-order valence-corrected chi connectivity index (χ0v) is 8.50. The summed E-state index contributed by atoms with van der Waals surface area (Å²) in [6.45, 7) is 0.250. The molecule has 1 atom stereocenters. The fourth-order valence-corrected chi connectivity index (χ4v) is 1.55. The van der Waals surface area contributed by atoms with E-state index in [0.29, 0.717) is 5.92 Å². The summed E-state index contributed by atoms with van der Waals surface area (Å²) in [7, 11) is 0. The molecular weight excluding hydrogens is 216 g/mol. The van der Waals surface area contributed by atoms with E-state index in [4.69, 9.17) is 5.11 Å². The van der Waals surface area contributed by atoms with Crippen molar-refractivity contribution in [1.29, 1.82) is 0 Å². The van der Waals surface area contributed by atoms with E-state index in [1.54, 1.807) is 0 Å². The predicted octanol–water partition coefficient (Wildman–Crippen LogP) is 2.23. The molecule has 1 aromatic rings. The number of aliphatic hydroxyl groups is 1. The van der Waals surface area contributed by atoms with Gasteiger partial charge in [-0.2, -0.15) is 0 Å². The zero-order valence-electron chi connectivity index (χ0n) is 6.91. The Labute approximate surface area is 81.6 Å². The number of hydrogen-bond acceptors (Lipinski definition) is 1. The molecule has 0 amide bonds. The number of rotatable bonds is 4. The largest absolute Gasteiger partial charge is 0.396 e. The molecular formula is C10H13BrO. The third kappa shape index (κ3) is 2.95. The van der Waals surface area contributed by atoms with Crippen LogP contribution in [0.5, 0.6) is 0 Å². The van der Waals surface area contributed by atoms with E-state index >= 15 is 0 Å². The maximum atomic E-state index is 8.96. The van der Waals surface area contributed by atoms with Crippen LogP contribution in [0.15, 0.2) is 30.3 Å². The topological polar surface area (TPSA) is 20.2 Å². The molecule has 0 saturated heterocycles. The van der Waals surface area contributed by atoms with Crippen LogP contribution in [0, 0.1) is 5.92 Å². The van der Waals surface area contributed by atoms with Gasteiger partial charge < -0.3 is 5.11 Å². The molecule has 0 radical (unpaired) electrons. The molecule has 12 heavy (non-hydrogen) atoms. The normalized spacial score (nSPS) is 12.8. The highest BCUT2D eigenvalue weighted by atomic mass is 79.9. The predicted molar refractivity (Wildman–Crippen MR) is 54.5 cm³/mol. The summed E-state index contributed by atoms with van der Waals surface area (Å²) in [5, 5.41) is 9.82. The van der Waals surface area contributed by atoms with Crippen molar-refractivity contribution in [3.8, 4) is 0 Å². The Bertz CT molecular complexity index is 206. The SMILES string of the molecule is OCC(CBr)Cc1ccccc1. The van der Waals surface area contributed by atoms with E-state index in [9.17, 15) is 0 Å². The van der Waals surface area contributed by atoms with Crippen molar-refractivity contribution in [2.45, 2.75) is 6.42 Å². The van der Waals surface area contributed by atoms with Crippen molar-refractivity contribution >= 4 is 15.9 Å². The molecule has 1 aromatic carbocycles. The minimum atomic E-state index is 0.250. The maximum Gasteiger partial charge on any atom is 0.0470 e. The molecule has 0 aromatic heterocycles. The highest BCUT2D eigenvalue weighted by Gasteiger charge is 2.05. The smallest absolute Gasteiger partial charge is 0.0470 e. The second-order valence-electron chi connectivity index (χ2n) is 2.89. The molecule has 0 bridgehead atoms. The van der Waals surface area contributed by atoms with Gasteiger partial charge in [-0.3, -0.25) is 0 Å². The standard InChI is InChI=1S/C10H13BrO/c11-7-10(8-12)6-9-4-2-1-3-5-9/h1-5,10,12H,6-8H2. The molecule has 0 aliphatic carbocycles. The zero-order chi connectivity index (χ0) is 8.81. The number of aliphatic hydroxyl groups excluding tert-OH is 1. The minimum Gasteiger partial charge on any atom is -0.396 e. The van der Waals surface area contributed by atoms with Gasteiger partial charge in [-0.05, 0) is 17.9 Å². The molecule has 1 unspecified atom stereocenters. The van der Waals surface area contributed by atoms with E-state index in [2.05, 4.69) is 28.1 Å². The summed E-state index contributed by atoms with van der Waals surface area (Å²) in [5.74, 6) is 0.340. The summed E-state index contributed by atoms with van der Waals surface area (Å²) in [6, 6.07) is 10.2. The molecule has 0 spiro atoms. The van der Waals surface area contributed by atoms with Gasteiger partial charge in [0.25, 0.3) is 0 Å². The van der Waals surface area contributed by atoms with E-state index in [-0.39, 0.29) is 6.61 Å². The van der Waals surface area contributed by atoms with Crippen molar-refractivity contribution in [2.24, 2.45) is 5.92 Å². The second kappa shape index (κ2) is 5.33. The number of alkyl halides is 1. The lowest BCUT2D eigenvalue weighted by atomic mass is 10.0. The van der Waals surface area contributed by atoms with Gasteiger partial charge in [0.2, 0.25) is 0 Å². The molecule has 0 aliphatic heterocycles. The summed E-state index contributed by atoms with van der Waals surface area (Å²) in [6.07, 6.45) is 0.947. The van der Waals surface area contributed by atoms with Gasteiger partial charge in [-0.15, -0.1) is 0 Å². The van der Waals surface area contributed by atoms with Gasteiger partial charge in [0.05, 0.1) is 0 Å². The average Bonchev–Trinajstić information content (AvgIpc) is 2.16. The first-order valence-corrected chi connectivity index (χ1v) is 5.19. The van der Waals surface area contributed by atoms with Gasteiger partial charge in [0.15, 0.2) is 0 Å². The van der Waals surface area contributed by atoms with Crippen molar-refractivity contribution in [1.82, 2.24) is 0 Å². The lowest BCUT2D eigenvalue weighted by Crippen LogP contribution is -2.10. The molecule has 0 aliphatic rings. The average molecular weight is 229 g/mol. The Morgan fingerprint density at radius 1 is 1.25 bits per heavy atom. The van der Waals surface area contributed by atoms with Crippen LogP contribution in [0.1, 0.15) is 5.56 Å². The fraction of sp³-hybridized carbons (Fsp3) is 0.400. The van der Waals surface area contributed by atoms with Crippen LogP contribution in [0.2, 0.25) is 0 Å². The molecule has 0 fully saturated rings. The van der Waals surface area contributed by atoms with Crippen molar-refractivity contribution < 1.29 is 5.11 Å². The Kier molecular flexibility index (Phi) is 4.33.